The van der Waals surface area contributed by atoms with Gasteiger partial charge in [0.05, 0.1) is 0 Å². The Kier molecular flexibility index (Phi) is 11.0. The van der Waals surface area contributed by atoms with Crippen LogP contribution in [-0.2, 0) is 10.5 Å². The highest BCUT2D eigenvalue weighted by Gasteiger charge is 2.10. The van der Waals surface area contributed by atoms with Crippen molar-refractivity contribution in [1.82, 2.24) is 0 Å². The summed E-state index contributed by atoms with van der Waals surface area (Å²) >= 11 is 2.07. The van der Waals surface area contributed by atoms with Gasteiger partial charge in [-0.05, 0) is 43.9 Å². The van der Waals surface area contributed by atoms with Crippen molar-refractivity contribution < 1.29 is 4.79 Å². The molecule has 140 valence electrons. The summed E-state index contributed by atoms with van der Waals surface area (Å²) in [5, 5.41) is 0.672. The third kappa shape index (κ3) is 9.75. The third-order valence-electron chi connectivity index (χ3n) is 4.05. The number of hydrogen-bond donors (Lipinski definition) is 0. The summed E-state index contributed by atoms with van der Waals surface area (Å²) in [4.78, 5) is 12.5. The minimum Gasteiger partial charge on any atom is -0.300 e. The minimum atomic E-state index is 0.313. The van der Waals surface area contributed by atoms with Gasteiger partial charge in [0.25, 0.3) is 0 Å². The number of benzene rings is 2. The fourth-order valence-electron chi connectivity index (χ4n) is 2.61. The maximum Gasteiger partial charge on any atom is 0.129 e. The Labute approximate surface area is 170 Å². The van der Waals surface area contributed by atoms with E-state index in [0.717, 1.165) is 25.0 Å². The lowest BCUT2D eigenvalue weighted by molar-refractivity contribution is -0.117. The van der Waals surface area contributed by atoms with Gasteiger partial charge in [0.2, 0.25) is 0 Å². The predicted molar refractivity (Wildman–Crippen MR) is 120 cm³/mol. The average molecular weight is 405 g/mol. The first kappa shape index (κ1) is 21.5. The molecule has 2 aromatic rings. The first-order chi connectivity index (χ1) is 12.7. The molecule has 0 bridgehead atoms. The van der Waals surface area contributed by atoms with E-state index >= 15 is 0 Å². The van der Waals surface area contributed by atoms with Gasteiger partial charge in [-0.3, -0.25) is 0 Å². The van der Waals surface area contributed by atoms with E-state index in [1.165, 1.54) is 29.1 Å². The lowest BCUT2D eigenvalue weighted by atomic mass is 10.1. The summed E-state index contributed by atoms with van der Waals surface area (Å²) < 4.78 is 0. The third-order valence-corrected chi connectivity index (χ3v) is 7.91. The topological polar surface area (TPSA) is 17.1 Å². The smallest absolute Gasteiger partial charge is 0.129 e. The van der Waals surface area contributed by atoms with Crippen molar-refractivity contribution in [3.8, 4) is 0 Å². The highest BCUT2D eigenvalue weighted by Crippen LogP contribution is 2.33. The lowest BCUT2D eigenvalue weighted by Gasteiger charge is -2.16. The van der Waals surface area contributed by atoms with Gasteiger partial charge in [-0.2, -0.15) is 11.8 Å². The van der Waals surface area contributed by atoms with E-state index in [2.05, 4.69) is 72.4 Å². The van der Waals surface area contributed by atoms with Gasteiger partial charge in [0.15, 0.2) is 0 Å². The SMILES string of the molecule is CC(=O)CCCCC(CCSSc1ccccc1)SCc1ccccc1. The van der Waals surface area contributed by atoms with Crippen molar-refractivity contribution in [2.24, 2.45) is 0 Å². The van der Waals surface area contributed by atoms with Crippen molar-refractivity contribution in [1.29, 1.82) is 0 Å². The minimum absolute atomic E-state index is 0.313. The van der Waals surface area contributed by atoms with E-state index in [1.54, 1.807) is 6.92 Å². The molecule has 0 radical (unpaired) electrons. The van der Waals surface area contributed by atoms with E-state index in [0.29, 0.717) is 11.0 Å². The van der Waals surface area contributed by atoms with E-state index in [4.69, 9.17) is 0 Å². The van der Waals surface area contributed by atoms with Crippen LogP contribution in [0, 0.1) is 0 Å². The highest BCUT2D eigenvalue weighted by molar-refractivity contribution is 8.76. The molecule has 0 aromatic heterocycles. The van der Waals surface area contributed by atoms with Crippen molar-refractivity contribution >= 4 is 39.1 Å². The number of thioether (sulfide) groups is 1. The zero-order valence-electron chi connectivity index (χ0n) is 15.4. The molecule has 1 atom stereocenters. The molecule has 0 aliphatic rings. The molecule has 0 amide bonds. The Morgan fingerprint density at radius 1 is 0.923 bits per heavy atom. The molecule has 0 saturated heterocycles. The molecule has 26 heavy (non-hydrogen) atoms. The maximum absolute atomic E-state index is 11.1. The van der Waals surface area contributed by atoms with Crippen LogP contribution in [0.25, 0.3) is 0 Å². The predicted octanol–water partition coefficient (Wildman–Crippen LogP) is 7.27. The number of carbonyl (C=O) groups is 1. The maximum atomic E-state index is 11.1. The summed E-state index contributed by atoms with van der Waals surface area (Å²) in [6.45, 7) is 1.69. The molecule has 1 nitrogen and oxygen atoms in total. The van der Waals surface area contributed by atoms with E-state index in [9.17, 15) is 4.79 Å². The number of ketones is 1. The molecule has 4 heteroatoms. The van der Waals surface area contributed by atoms with Crippen LogP contribution in [0.4, 0.5) is 0 Å². The Morgan fingerprint density at radius 3 is 2.31 bits per heavy atom. The first-order valence-electron chi connectivity index (χ1n) is 9.23. The summed E-state index contributed by atoms with van der Waals surface area (Å²) in [5.41, 5.74) is 1.40. The largest absolute Gasteiger partial charge is 0.300 e. The second kappa shape index (κ2) is 13.3. The molecule has 2 rings (SSSR count). The summed E-state index contributed by atoms with van der Waals surface area (Å²) in [6.07, 6.45) is 5.35. The molecule has 0 aliphatic carbocycles. The van der Waals surface area contributed by atoms with E-state index in [-0.39, 0.29) is 0 Å². The van der Waals surface area contributed by atoms with Gasteiger partial charge in [-0.25, -0.2) is 0 Å². The standard InChI is InChI=1S/C22H28OS3/c1-19(23)10-8-9-13-21(24-18-20-11-4-2-5-12-20)16-17-25-26-22-14-6-3-7-15-22/h2-7,11-12,14-15,21H,8-10,13,16-18H2,1H3. The average Bonchev–Trinajstić information content (AvgIpc) is 2.67. The molecule has 2 aromatic carbocycles. The highest BCUT2D eigenvalue weighted by atomic mass is 33.1. The monoisotopic (exact) mass is 404 g/mol. The molecule has 0 N–H and O–H groups in total. The Bertz CT molecular complexity index is 616. The van der Waals surface area contributed by atoms with Crippen LogP contribution in [0.1, 0.15) is 44.6 Å². The van der Waals surface area contributed by atoms with Crippen molar-refractivity contribution in [2.75, 3.05) is 5.75 Å². The van der Waals surface area contributed by atoms with E-state index in [1.807, 2.05) is 21.6 Å². The van der Waals surface area contributed by atoms with Crippen LogP contribution < -0.4 is 0 Å². The number of hydrogen-bond acceptors (Lipinski definition) is 4. The van der Waals surface area contributed by atoms with Crippen molar-refractivity contribution in [2.45, 2.75) is 54.9 Å². The Hall–Kier alpha value is -0.840. The zero-order valence-corrected chi connectivity index (χ0v) is 17.9. The van der Waals surface area contributed by atoms with Gasteiger partial charge in [-0.15, -0.1) is 0 Å². The van der Waals surface area contributed by atoms with Crippen LogP contribution in [0.3, 0.4) is 0 Å². The van der Waals surface area contributed by atoms with Crippen molar-refractivity contribution in [3.63, 3.8) is 0 Å². The van der Waals surface area contributed by atoms with Crippen LogP contribution in [0.5, 0.6) is 0 Å². The van der Waals surface area contributed by atoms with Gasteiger partial charge >= 0.3 is 0 Å². The Morgan fingerprint density at radius 2 is 1.62 bits per heavy atom. The molecular weight excluding hydrogens is 376 g/mol. The number of carbonyl (C=O) groups excluding carboxylic acids is 1. The summed E-state index contributed by atoms with van der Waals surface area (Å²) in [7, 11) is 3.82. The van der Waals surface area contributed by atoms with Gasteiger partial charge in [-0.1, -0.05) is 76.5 Å². The molecule has 0 spiro atoms. The van der Waals surface area contributed by atoms with Crippen LogP contribution in [0.2, 0.25) is 0 Å². The lowest BCUT2D eigenvalue weighted by Crippen LogP contribution is -2.05. The first-order valence-corrected chi connectivity index (χ1v) is 12.6. The normalized spacial score (nSPS) is 12.0. The molecule has 1 unspecified atom stereocenters. The van der Waals surface area contributed by atoms with Gasteiger partial charge in [0, 0.05) is 28.1 Å². The number of unbranched alkanes of at least 4 members (excludes halogenated alkanes) is 1. The fourth-order valence-corrected chi connectivity index (χ4v) is 6.15. The van der Waals surface area contributed by atoms with Crippen LogP contribution in [-0.4, -0.2) is 16.8 Å². The van der Waals surface area contributed by atoms with E-state index < -0.39 is 0 Å². The van der Waals surface area contributed by atoms with Crippen LogP contribution >= 0.6 is 33.3 Å². The second-order valence-electron chi connectivity index (χ2n) is 6.37. The fraction of sp³-hybridized carbons (Fsp3) is 0.409. The molecular formula is C22H28OS3. The van der Waals surface area contributed by atoms with Gasteiger partial charge in [0.1, 0.15) is 5.78 Å². The number of Topliss-reactive ketones (excluding diaryl/α,β-unsaturated/α-hetero) is 1. The Balaban J connectivity index is 1.72. The molecule has 0 heterocycles. The second-order valence-corrected chi connectivity index (χ2v) is 10.2. The molecule has 0 aliphatic heterocycles. The summed E-state index contributed by atoms with van der Waals surface area (Å²) in [5.74, 6) is 2.56. The quantitative estimate of drug-likeness (QED) is 0.258. The van der Waals surface area contributed by atoms with Crippen LogP contribution in [0.15, 0.2) is 65.6 Å². The zero-order chi connectivity index (χ0) is 18.5. The summed E-state index contributed by atoms with van der Waals surface area (Å²) in [6, 6.07) is 21.3. The molecule has 0 fully saturated rings. The molecule has 0 saturated carbocycles. The van der Waals surface area contributed by atoms with Crippen molar-refractivity contribution in [3.05, 3.63) is 66.2 Å². The van der Waals surface area contributed by atoms with Gasteiger partial charge < -0.3 is 4.79 Å². The number of rotatable bonds is 13.